The molecule has 0 aromatic heterocycles. The average Bonchev–Trinajstić information content (AvgIpc) is 2.18. The molecule has 1 atom stereocenters. The normalized spacial score (nSPS) is 13.1. The van der Waals surface area contributed by atoms with Crippen molar-refractivity contribution in [3.8, 4) is 5.75 Å². The van der Waals surface area contributed by atoms with Crippen LogP contribution in [0.15, 0.2) is 24.3 Å². The van der Waals surface area contributed by atoms with E-state index in [0.29, 0.717) is 12.1 Å². The Labute approximate surface area is 105 Å². The molecule has 0 amide bonds. The smallest absolute Gasteiger partial charge is 0.119 e. The quantitative estimate of drug-likeness (QED) is 0.816. The average molecular weight is 235 g/mol. The Kier molecular flexibility index (Phi) is 5.49. The summed E-state index contributed by atoms with van der Waals surface area (Å²) in [6, 6.07) is 9.45. The van der Waals surface area contributed by atoms with Gasteiger partial charge < -0.3 is 10.1 Å². The lowest BCUT2D eigenvalue weighted by molar-refractivity contribution is 0.242. The van der Waals surface area contributed by atoms with Crippen molar-refractivity contribution in [3.63, 3.8) is 0 Å². The van der Waals surface area contributed by atoms with Crippen LogP contribution in [0.25, 0.3) is 0 Å². The van der Waals surface area contributed by atoms with Gasteiger partial charge in [0.05, 0.1) is 6.10 Å². The Bertz CT molecular complexity index is 316. The summed E-state index contributed by atoms with van der Waals surface area (Å²) in [6.07, 6.45) is 1.29. The predicted molar refractivity (Wildman–Crippen MR) is 73.6 cm³/mol. The lowest BCUT2D eigenvalue weighted by Gasteiger charge is -2.17. The van der Waals surface area contributed by atoms with Gasteiger partial charge in [0.1, 0.15) is 5.75 Å². The maximum absolute atomic E-state index is 5.62. The summed E-state index contributed by atoms with van der Waals surface area (Å²) in [4.78, 5) is 0. The van der Waals surface area contributed by atoms with E-state index in [2.05, 4.69) is 50.4 Å². The molecule has 0 saturated carbocycles. The summed E-state index contributed by atoms with van der Waals surface area (Å²) in [6.45, 7) is 10.7. The van der Waals surface area contributed by atoms with Gasteiger partial charge in [-0.15, -0.1) is 0 Å². The highest BCUT2D eigenvalue weighted by molar-refractivity contribution is 5.27. The van der Waals surface area contributed by atoms with E-state index >= 15 is 0 Å². The van der Waals surface area contributed by atoms with Crippen molar-refractivity contribution in [1.82, 2.24) is 5.32 Å². The molecule has 0 spiro atoms. The number of rotatable bonds is 6. The second-order valence-corrected chi connectivity index (χ2v) is 5.24. The minimum atomic E-state index is 0.238. The first-order valence-corrected chi connectivity index (χ1v) is 6.49. The zero-order valence-corrected chi connectivity index (χ0v) is 11.7. The summed E-state index contributed by atoms with van der Waals surface area (Å²) in [5, 5.41) is 3.51. The maximum atomic E-state index is 5.62. The standard InChI is InChI=1S/C15H25NO/c1-11(2)16-13(5)10-14-6-8-15(9-7-14)17-12(3)4/h6-9,11-13,16H,10H2,1-5H3. The van der Waals surface area contributed by atoms with E-state index in [1.54, 1.807) is 0 Å². The fourth-order valence-electron chi connectivity index (χ4n) is 1.96. The summed E-state index contributed by atoms with van der Waals surface area (Å²) >= 11 is 0. The molecule has 1 aromatic carbocycles. The molecule has 0 heterocycles. The van der Waals surface area contributed by atoms with Crippen molar-refractivity contribution in [1.29, 1.82) is 0 Å². The molecule has 2 heteroatoms. The summed E-state index contributed by atoms with van der Waals surface area (Å²) in [5.41, 5.74) is 1.35. The molecule has 1 unspecified atom stereocenters. The molecule has 0 bridgehead atoms. The fraction of sp³-hybridized carbons (Fsp3) is 0.600. The Morgan fingerprint density at radius 1 is 1.00 bits per heavy atom. The third-order valence-corrected chi connectivity index (χ3v) is 2.45. The molecule has 96 valence electrons. The van der Waals surface area contributed by atoms with Crippen LogP contribution in [0.3, 0.4) is 0 Å². The van der Waals surface area contributed by atoms with Crippen molar-refractivity contribution in [2.75, 3.05) is 0 Å². The van der Waals surface area contributed by atoms with E-state index in [1.165, 1.54) is 5.56 Å². The topological polar surface area (TPSA) is 21.3 Å². The van der Waals surface area contributed by atoms with Gasteiger partial charge in [0, 0.05) is 12.1 Å². The molecule has 1 N–H and O–H groups in total. The molecule has 0 fully saturated rings. The van der Waals surface area contributed by atoms with Gasteiger partial charge in [0.2, 0.25) is 0 Å². The van der Waals surface area contributed by atoms with Crippen LogP contribution >= 0.6 is 0 Å². The van der Waals surface area contributed by atoms with Gasteiger partial charge in [-0.2, -0.15) is 0 Å². The van der Waals surface area contributed by atoms with Gasteiger partial charge >= 0.3 is 0 Å². The molecule has 0 aliphatic carbocycles. The third kappa shape index (κ3) is 5.73. The van der Waals surface area contributed by atoms with Gasteiger partial charge in [-0.05, 0) is 44.9 Å². The van der Waals surface area contributed by atoms with E-state index in [0.717, 1.165) is 12.2 Å². The van der Waals surface area contributed by atoms with Crippen molar-refractivity contribution in [2.45, 2.75) is 59.2 Å². The van der Waals surface area contributed by atoms with E-state index in [4.69, 9.17) is 4.74 Å². The highest BCUT2D eigenvalue weighted by atomic mass is 16.5. The van der Waals surface area contributed by atoms with Crippen molar-refractivity contribution >= 4 is 0 Å². The lowest BCUT2D eigenvalue weighted by atomic mass is 10.1. The Morgan fingerprint density at radius 3 is 2.06 bits per heavy atom. The second kappa shape index (κ2) is 6.65. The lowest BCUT2D eigenvalue weighted by Crippen LogP contribution is -2.33. The van der Waals surface area contributed by atoms with E-state index < -0.39 is 0 Å². The van der Waals surface area contributed by atoms with E-state index in [-0.39, 0.29) is 6.10 Å². The van der Waals surface area contributed by atoms with Gasteiger partial charge in [-0.3, -0.25) is 0 Å². The Balaban J connectivity index is 2.50. The molecule has 0 aliphatic rings. The van der Waals surface area contributed by atoms with Crippen LogP contribution in [0, 0.1) is 0 Å². The van der Waals surface area contributed by atoms with Crippen LogP contribution in [0.5, 0.6) is 5.75 Å². The van der Waals surface area contributed by atoms with Gasteiger partial charge in [0.25, 0.3) is 0 Å². The van der Waals surface area contributed by atoms with Crippen LogP contribution in [0.4, 0.5) is 0 Å². The number of ether oxygens (including phenoxy) is 1. The number of benzene rings is 1. The second-order valence-electron chi connectivity index (χ2n) is 5.24. The molecule has 0 aliphatic heterocycles. The molecule has 1 aromatic rings. The van der Waals surface area contributed by atoms with Crippen molar-refractivity contribution in [2.24, 2.45) is 0 Å². The Hall–Kier alpha value is -1.02. The molecular formula is C15H25NO. The van der Waals surface area contributed by atoms with Gasteiger partial charge in [-0.25, -0.2) is 0 Å². The number of hydrogen-bond acceptors (Lipinski definition) is 2. The maximum Gasteiger partial charge on any atom is 0.119 e. The fourth-order valence-corrected chi connectivity index (χ4v) is 1.96. The monoisotopic (exact) mass is 235 g/mol. The first-order chi connectivity index (χ1) is 7.97. The van der Waals surface area contributed by atoms with Gasteiger partial charge in [0.15, 0.2) is 0 Å². The number of hydrogen-bond donors (Lipinski definition) is 1. The number of nitrogens with one attached hydrogen (secondary N) is 1. The van der Waals surface area contributed by atoms with Crippen LogP contribution < -0.4 is 10.1 Å². The van der Waals surface area contributed by atoms with E-state index in [1.807, 2.05) is 13.8 Å². The first-order valence-electron chi connectivity index (χ1n) is 6.49. The van der Waals surface area contributed by atoms with Gasteiger partial charge in [-0.1, -0.05) is 26.0 Å². The predicted octanol–water partition coefficient (Wildman–Crippen LogP) is 3.40. The summed E-state index contributed by atoms with van der Waals surface area (Å²) in [5.74, 6) is 0.952. The molecule has 0 radical (unpaired) electrons. The zero-order valence-electron chi connectivity index (χ0n) is 11.7. The summed E-state index contributed by atoms with van der Waals surface area (Å²) in [7, 11) is 0. The highest BCUT2D eigenvalue weighted by Gasteiger charge is 2.05. The molecular weight excluding hydrogens is 210 g/mol. The molecule has 2 nitrogen and oxygen atoms in total. The van der Waals surface area contributed by atoms with Crippen molar-refractivity contribution in [3.05, 3.63) is 29.8 Å². The summed E-state index contributed by atoms with van der Waals surface area (Å²) < 4.78 is 5.62. The van der Waals surface area contributed by atoms with Crippen LogP contribution in [-0.2, 0) is 6.42 Å². The highest BCUT2D eigenvalue weighted by Crippen LogP contribution is 2.14. The van der Waals surface area contributed by atoms with Crippen LogP contribution in [-0.4, -0.2) is 18.2 Å². The largest absolute Gasteiger partial charge is 0.491 e. The SMILES string of the molecule is CC(C)NC(C)Cc1ccc(OC(C)C)cc1. The zero-order chi connectivity index (χ0) is 12.8. The molecule has 0 saturated heterocycles. The van der Waals surface area contributed by atoms with Crippen molar-refractivity contribution < 1.29 is 4.74 Å². The minimum absolute atomic E-state index is 0.238. The molecule has 17 heavy (non-hydrogen) atoms. The van der Waals surface area contributed by atoms with Crippen LogP contribution in [0.2, 0.25) is 0 Å². The first kappa shape index (κ1) is 14.0. The Morgan fingerprint density at radius 2 is 1.59 bits per heavy atom. The minimum Gasteiger partial charge on any atom is -0.491 e. The molecule has 1 rings (SSSR count). The van der Waals surface area contributed by atoms with E-state index in [9.17, 15) is 0 Å². The van der Waals surface area contributed by atoms with Crippen LogP contribution in [0.1, 0.15) is 40.2 Å². The third-order valence-electron chi connectivity index (χ3n) is 2.45.